The molecule has 1 aliphatic heterocycles. The van der Waals surface area contributed by atoms with Crippen LogP contribution in [-0.2, 0) is 4.79 Å². The van der Waals surface area contributed by atoms with Crippen LogP contribution in [0.2, 0.25) is 5.02 Å². The number of nitrogens with zero attached hydrogens (tertiary/aromatic N) is 1. The number of carbonyl (C=O) groups is 1. The van der Waals surface area contributed by atoms with Gasteiger partial charge in [0, 0.05) is 30.7 Å². The molecule has 1 saturated heterocycles. The molecule has 3 unspecified atom stereocenters. The molecule has 0 aliphatic carbocycles. The molecule has 4 nitrogen and oxygen atoms in total. The van der Waals surface area contributed by atoms with Crippen molar-refractivity contribution in [2.75, 3.05) is 19.6 Å². The zero-order chi connectivity index (χ0) is 17.8. The molecule has 1 aliphatic rings. The fourth-order valence-electron chi connectivity index (χ4n) is 3.37. The van der Waals surface area contributed by atoms with Crippen LogP contribution in [0.25, 0.3) is 0 Å². The Bertz CT molecular complexity index is 722. The van der Waals surface area contributed by atoms with Crippen LogP contribution in [0.3, 0.4) is 0 Å². The lowest BCUT2D eigenvalue weighted by molar-refractivity contribution is -0.139. The lowest BCUT2D eigenvalue weighted by Gasteiger charge is -2.39. The van der Waals surface area contributed by atoms with Crippen molar-refractivity contribution in [3.05, 3.63) is 70.7 Å². The van der Waals surface area contributed by atoms with Crippen molar-refractivity contribution in [1.29, 1.82) is 0 Å². The van der Waals surface area contributed by atoms with Gasteiger partial charge in [-0.15, -0.1) is 0 Å². The van der Waals surface area contributed by atoms with Gasteiger partial charge in [-0.1, -0.05) is 67.1 Å². The molecule has 0 saturated carbocycles. The van der Waals surface area contributed by atoms with Crippen molar-refractivity contribution in [1.82, 2.24) is 10.2 Å². The van der Waals surface area contributed by atoms with Gasteiger partial charge in [-0.2, -0.15) is 0 Å². The van der Waals surface area contributed by atoms with Crippen molar-refractivity contribution in [2.45, 2.75) is 19.0 Å². The van der Waals surface area contributed by atoms with Crippen LogP contribution in [0.4, 0.5) is 0 Å². The van der Waals surface area contributed by atoms with Crippen LogP contribution in [-0.4, -0.2) is 30.4 Å². The Labute approximate surface area is 154 Å². The highest BCUT2D eigenvalue weighted by Crippen LogP contribution is 2.31. The number of hydrogen-bond acceptors (Lipinski definition) is 3. The molecule has 1 amide bonds. The maximum atomic E-state index is 13.2. The van der Waals surface area contributed by atoms with Crippen LogP contribution in [0.15, 0.2) is 54.6 Å². The number of amides is 1. The normalized spacial score (nSPS) is 20.1. The fraction of sp³-hybridized carbons (Fsp3) is 0.350. The molecule has 1 heterocycles. The number of benzene rings is 2. The van der Waals surface area contributed by atoms with Gasteiger partial charge in [-0.05, 0) is 17.2 Å². The molecule has 2 aromatic carbocycles. The van der Waals surface area contributed by atoms with E-state index in [9.17, 15) is 4.79 Å². The molecule has 132 valence electrons. The first-order chi connectivity index (χ1) is 12.1. The van der Waals surface area contributed by atoms with Crippen molar-refractivity contribution >= 4 is 17.5 Å². The third-order valence-electron chi connectivity index (χ3n) is 4.90. The van der Waals surface area contributed by atoms with Gasteiger partial charge in [0.1, 0.15) is 0 Å². The summed E-state index contributed by atoms with van der Waals surface area (Å²) < 4.78 is 0. The summed E-state index contributed by atoms with van der Waals surface area (Å²) in [5.41, 5.74) is 8.33. The summed E-state index contributed by atoms with van der Waals surface area (Å²) in [6.07, 6.45) is 0. The molecule has 3 rings (SSSR count). The summed E-state index contributed by atoms with van der Waals surface area (Å²) in [5, 5.41) is 4.05. The molecule has 0 bridgehead atoms. The van der Waals surface area contributed by atoms with E-state index in [0.717, 1.165) is 17.7 Å². The first kappa shape index (κ1) is 17.9. The monoisotopic (exact) mass is 357 g/mol. The Kier molecular flexibility index (Phi) is 5.74. The topological polar surface area (TPSA) is 58.4 Å². The number of nitrogens with one attached hydrogen (secondary N) is 1. The summed E-state index contributed by atoms with van der Waals surface area (Å²) >= 11 is 6.38. The number of hydrogen-bond donors (Lipinski definition) is 2. The highest BCUT2D eigenvalue weighted by atomic mass is 35.5. The van der Waals surface area contributed by atoms with Crippen LogP contribution < -0.4 is 11.1 Å². The second-order valence-corrected chi connectivity index (χ2v) is 6.91. The van der Waals surface area contributed by atoms with E-state index in [0.29, 0.717) is 18.1 Å². The van der Waals surface area contributed by atoms with E-state index < -0.39 is 0 Å². The van der Waals surface area contributed by atoms with Crippen molar-refractivity contribution in [2.24, 2.45) is 11.7 Å². The average molecular weight is 358 g/mol. The highest BCUT2D eigenvalue weighted by Gasteiger charge is 2.34. The quantitative estimate of drug-likeness (QED) is 0.883. The summed E-state index contributed by atoms with van der Waals surface area (Å²) in [5.74, 6) is -0.228. The van der Waals surface area contributed by atoms with E-state index in [1.165, 1.54) is 0 Å². The Balaban J connectivity index is 1.82. The maximum absolute atomic E-state index is 13.2. The Hall–Kier alpha value is -1.88. The largest absolute Gasteiger partial charge is 0.333 e. The number of halogens is 1. The Morgan fingerprint density at radius 3 is 2.60 bits per heavy atom. The van der Waals surface area contributed by atoms with Crippen LogP contribution in [0, 0.1) is 5.92 Å². The zero-order valence-corrected chi connectivity index (χ0v) is 15.1. The van der Waals surface area contributed by atoms with Gasteiger partial charge in [0.25, 0.3) is 0 Å². The van der Waals surface area contributed by atoms with Gasteiger partial charge >= 0.3 is 0 Å². The fourth-order valence-corrected chi connectivity index (χ4v) is 3.63. The summed E-state index contributed by atoms with van der Waals surface area (Å²) in [6.45, 7) is 4.04. The SMILES string of the molecule is CC(C(=O)N1CCNCC1c1ccccc1Cl)C(N)c1ccccc1. The summed E-state index contributed by atoms with van der Waals surface area (Å²) in [4.78, 5) is 15.1. The third-order valence-corrected chi connectivity index (χ3v) is 5.25. The number of carbonyl (C=O) groups excluding carboxylic acids is 1. The average Bonchev–Trinajstić information content (AvgIpc) is 2.67. The van der Waals surface area contributed by atoms with Crippen LogP contribution in [0.5, 0.6) is 0 Å². The predicted molar refractivity (Wildman–Crippen MR) is 101 cm³/mol. The second-order valence-electron chi connectivity index (χ2n) is 6.50. The van der Waals surface area contributed by atoms with Crippen molar-refractivity contribution < 1.29 is 4.79 Å². The van der Waals surface area contributed by atoms with Crippen molar-refractivity contribution in [3.8, 4) is 0 Å². The smallest absolute Gasteiger partial charge is 0.227 e. The third kappa shape index (κ3) is 3.87. The molecular weight excluding hydrogens is 334 g/mol. The van der Waals surface area contributed by atoms with Gasteiger partial charge < -0.3 is 16.0 Å². The van der Waals surface area contributed by atoms with Crippen LogP contribution in [0.1, 0.15) is 30.1 Å². The van der Waals surface area contributed by atoms with Crippen molar-refractivity contribution in [3.63, 3.8) is 0 Å². The molecule has 5 heteroatoms. The van der Waals surface area contributed by atoms with E-state index in [-0.39, 0.29) is 23.9 Å². The first-order valence-electron chi connectivity index (χ1n) is 8.65. The van der Waals surface area contributed by atoms with E-state index >= 15 is 0 Å². The minimum absolute atomic E-state index is 0.0691. The van der Waals surface area contributed by atoms with Gasteiger partial charge in [0.15, 0.2) is 0 Å². The lowest BCUT2D eigenvalue weighted by atomic mass is 9.92. The van der Waals surface area contributed by atoms with E-state index in [1.807, 2.05) is 66.4 Å². The molecule has 3 N–H and O–H groups in total. The Morgan fingerprint density at radius 1 is 1.20 bits per heavy atom. The van der Waals surface area contributed by atoms with E-state index in [4.69, 9.17) is 17.3 Å². The van der Waals surface area contributed by atoms with E-state index in [2.05, 4.69) is 5.32 Å². The predicted octanol–water partition coefficient (Wildman–Crippen LogP) is 3.15. The Morgan fingerprint density at radius 2 is 1.88 bits per heavy atom. The standard InChI is InChI=1S/C20H24ClN3O/c1-14(19(22)15-7-3-2-4-8-15)20(25)24-12-11-23-13-18(24)16-9-5-6-10-17(16)21/h2-10,14,18-19,23H,11-13,22H2,1H3. The summed E-state index contributed by atoms with van der Waals surface area (Å²) in [6, 6.07) is 17.1. The van der Waals surface area contributed by atoms with Gasteiger partial charge in [-0.3, -0.25) is 4.79 Å². The second kappa shape index (κ2) is 8.00. The van der Waals surface area contributed by atoms with E-state index in [1.54, 1.807) is 0 Å². The molecule has 0 radical (unpaired) electrons. The molecule has 3 atom stereocenters. The molecule has 1 fully saturated rings. The summed E-state index contributed by atoms with van der Waals surface area (Å²) in [7, 11) is 0. The number of piperazine rings is 1. The maximum Gasteiger partial charge on any atom is 0.227 e. The van der Waals surface area contributed by atoms with Gasteiger partial charge in [-0.25, -0.2) is 0 Å². The molecular formula is C20H24ClN3O. The minimum atomic E-state index is -0.324. The molecule has 0 spiro atoms. The minimum Gasteiger partial charge on any atom is -0.333 e. The molecule has 25 heavy (non-hydrogen) atoms. The lowest BCUT2D eigenvalue weighted by Crippen LogP contribution is -2.51. The molecule has 0 aromatic heterocycles. The zero-order valence-electron chi connectivity index (χ0n) is 14.4. The van der Waals surface area contributed by atoms with Gasteiger partial charge in [0.05, 0.1) is 12.0 Å². The van der Waals surface area contributed by atoms with Crippen LogP contribution >= 0.6 is 11.6 Å². The number of nitrogens with two attached hydrogens (primary N) is 1. The first-order valence-corrected chi connectivity index (χ1v) is 9.03. The molecule has 2 aromatic rings. The number of rotatable bonds is 4. The highest BCUT2D eigenvalue weighted by molar-refractivity contribution is 6.31. The van der Waals surface area contributed by atoms with Gasteiger partial charge in [0.2, 0.25) is 5.91 Å².